The first-order valence-electron chi connectivity index (χ1n) is 17.1. The molecule has 6 rings (SSSR count). The van der Waals surface area contributed by atoms with Gasteiger partial charge >= 0.3 is 5.97 Å². The van der Waals surface area contributed by atoms with Crippen molar-refractivity contribution in [1.29, 1.82) is 0 Å². The van der Waals surface area contributed by atoms with Gasteiger partial charge in [-0.25, -0.2) is 0 Å². The molecule has 3 amide bonds. The molecule has 2 saturated heterocycles. The molecule has 2 N–H and O–H groups in total. The Morgan fingerprint density at radius 2 is 1.69 bits per heavy atom. The van der Waals surface area contributed by atoms with Crippen LogP contribution in [0.1, 0.15) is 57.3 Å². The number of aliphatic hydroxyl groups excluding tert-OH is 1. The van der Waals surface area contributed by atoms with Crippen molar-refractivity contribution in [3.05, 3.63) is 94.5 Å². The molecule has 4 aliphatic rings. The van der Waals surface area contributed by atoms with Crippen LogP contribution in [0.5, 0.6) is 0 Å². The van der Waals surface area contributed by atoms with Crippen LogP contribution >= 0.6 is 15.9 Å². The van der Waals surface area contributed by atoms with Gasteiger partial charge in [0.25, 0.3) is 0 Å². The average molecular weight is 735 g/mol. The van der Waals surface area contributed by atoms with Crippen molar-refractivity contribution in [3.8, 4) is 0 Å². The van der Waals surface area contributed by atoms with Gasteiger partial charge in [-0.1, -0.05) is 109 Å². The maximum absolute atomic E-state index is 15.0. The van der Waals surface area contributed by atoms with Crippen molar-refractivity contribution in [2.45, 2.75) is 82.5 Å². The quantitative estimate of drug-likeness (QED) is 0.319. The zero-order chi connectivity index (χ0) is 34.9. The van der Waals surface area contributed by atoms with Gasteiger partial charge in [0.2, 0.25) is 17.7 Å². The van der Waals surface area contributed by atoms with Gasteiger partial charge in [0.15, 0.2) is 0 Å². The van der Waals surface area contributed by atoms with Gasteiger partial charge in [-0.3, -0.25) is 19.2 Å². The number of carbonyl (C=O) groups is 4. The van der Waals surface area contributed by atoms with Crippen LogP contribution in [0.3, 0.4) is 0 Å². The highest BCUT2D eigenvalue weighted by atomic mass is 79.9. The Hall–Kier alpha value is -3.80. The Morgan fingerprint density at radius 1 is 1.00 bits per heavy atom. The molecule has 0 aliphatic carbocycles. The van der Waals surface area contributed by atoms with E-state index in [1.165, 1.54) is 4.90 Å². The number of fused-ring (bicyclic) bond motifs is 2. The molecule has 260 valence electrons. The van der Waals surface area contributed by atoms with Crippen molar-refractivity contribution < 1.29 is 33.8 Å². The molecule has 2 aromatic rings. The highest BCUT2D eigenvalue weighted by Gasteiger charge is 2.75. The zero-order valence-corrected chi connectivity index (χ0v) is 29.6. The van der Waals surface area contributed by atoms with Crippen LogP contribution in [-0.4, -0.2) is 81.6 Å². The maximum atomic E-state index is 15.0. The predicted octanol–water partition coefficient (Wildman–Crippen LogP) is 4.43. The largest absolute Gasteiger partial charge is 0.455 e. The number of carbonyl (C=O) groups excluding carboxylic acids is 4. The van der Waals surface area contributed by atoms with Crippen LogP contribution in [0.4, 0.5) is 0 Å². The third-order valence-electron chi connectivity index (χ3n) is 10.5. The number of hydrogen-bond donors (Lipinski definition) is 2. The Labute approximate surface area is 295 Å². The van der Waals surface area contributed by atoms with E-state index >= 15 is 4.79 Å². The summed E-state index contributed by atoms with van der Waals surface area (Å²) in [6.07, 6.45) is 5.12. The van der Waals surface area contributed by atoms with Gasteiger partial charge in [-0.05, 0) is 36.5 Å². The van der Waals surface area contributed by atoms with E-state index in [1.807, 2.05) is 86.7 Å². The molecule has 4 aliphatic heterocycles. The molecule has 2 fully saturated rings. The lowest BCUT2D eigenvalue weighted by Crippen LogP contribution is -2.59. The molecule has 4 heterocycles. The Morgan fingerprint density at radius 3 is 2.37 bits per heavy atom. The summed E-state index contributed by atoms with van der Waals surface area (Å²) in [6.45, 7) is 5.82. The van der Waals surface area contributed by atoms with Gasteiger partial charge in [0.05, 0.1) is 24.6 Å². The fourth-order valence-corrected chi connectivity index (χ4v) is 8.56. The van der Waals surface area contributed by atoms with Crippen LogP contribution in [-0.2, 0) is 35.2 Å². The first kappa shape index (κ1) is 35.0. The lowest BCUT2D eigenvalue weighted by molar-refractivity contribution is -0.162. The molecule has 49 heavy (non-hydrogen) atoms. The number of nitrogens with zero attached hydrogens (tertiary/aromatic N) is 2. The first-order valence-corrected chi connectivity index (χ1v) is 17.9. The van der Waals surface area contributed by atoms with Gasteiger partial charge < -0.3 is 29.7 Å². The molecule has 11 heteroatoms. The molecule has 1 spiro atoms. The predicted molar refractivity (Wildman–Crippen MR) is 186 cm³/mol. The third kappa shape index (κ3) is 6.48. The van der Waals surface area contributed by atoms with Gasteiger partial charge in [-0.2, -0.15) is 0 Å². The number of aliphatic hydroxyl groups is 1. The zero-order valence-electron chi connectivity index (χ0n) is 28.0. The minimum Gasteiger partial charge on any atom is -0.455 e. The molecule has 0 radical (unpaired) electrons. The van der Waals surface area contributed by atoms with E-state index in [9.17, 15) is 19.5 Å². The van der Waals surface area contributed by atoms with E-state index in [0.29, 0.717) is 22.9 Å². The van der Waals surface area contributed by atoms with Crippen molar-refractivity contribution in [1.82, 2.24) is 15.1 Å². The normalized spacial score (nSPS) is 32.3. The Kier molecular flexibility index (Phi) is 10.4. The van der Waals surface area contributed by atoms with E-state index in [2.05, 4.69) is 21.2 Å². The lowest BCUT2D eigenvalue weighted by atomic mass is 9.74. The minimum absolute atomic E-state index is 0.151. The molecular formula is C38H44BrN3O7. The number of allylic oxidation sites excluding steroid dienone is 1. The summed E-state index contributed by atoms with van der Waals surface area (Å²) in [5.41, 5.74) is 0.114. The van der Waals surface area contributed by atoms with Gasteiger partial charge in [-0.15, -0.1) is 0 Å². The van der Waals surface area contributed by atoms with Crippen LogP contribution < -0.4 is 5.32 Å². The van der Waals surface area contributed by atoms with Gasteiger partial charge in [0.1, 0.15) is 29.8 Å². The molecule has 0 unspecified atom stereocenters. The summed E-state index contributed by atoms with van der Waals surface area (Å²) >= 11 is 3.62. The smallest absolute Gasteiger partial charge is 0.313 e. The van der Waals surface area contributed by atoms with E-state index in [4.69, 9.17) is 9.47 Å². The summed E-state index contributed by atoms with van der Waals surface area (Å²) in [5, 5.41) is 13.7. The highest BCUT2D eigenvalue weighted by Crippen LogP contribution is 2.59. The van der Waals surface area contributed by atoms with E-state index in [1.54, 1.807) is 17.9 Å². The molecular weight excluding hydrogens is 690 g/mol. The maximum Gasteiger partial charge on any atom is 0.313 e. The number of nitrogens with one attached hydrogen (secondary N) is 1. The number of likely N-dealkylation sites (tertiary alicyclic amines) is 1. The number of amides is 3. The second-order valence-corrected chi connectivity index (χ2v) is 14.5. The second kappa shape index (κ2) is 14.6. The fraction of sp³-hybridized carbons (Fsp3) is 0.474. The number of halogens is 1. The van der Waals surface area contributed by atoms with Crippen molar-refractivity contribution >= 4 is 39.6 Å². The molecule has 10 nitrogen and oxygen atoms in total. The summed E-state index contributed by atoms with van der Waals surface area (Å²) in [7, 11) is 0. The molecule has 2 aromatic carbocycles. The number of ether oxygens (including phenoxy) is 2. The second-order valence-electron chi connectivity index (χ2n) is 13.5. The molecule has 5 bridgehead atoms. The summed E-state index contributed by atoms with van der Waals surface area (Å²) in [5.74, 6) is -3.92. The first-order chi connectivity index (χ1) is 23.6. The number of esters is 1. The number of hydrogen-bond acceptors (Lipinski definition) is 7. The molecule has 0 saturated carbocycles. The topological polar surface area (TPSA) is 125 Å². The molecule has 0 aromatic heterocycles. The Bertz CT molecular complexity index is 1620. The number of cyclic esters (lactones) is 1. The van der Waals surface area contributed by atoms with Crippen molar-refractivity contribution in [2.24, 2.45) is 17.8 Å². The SMILES string of the molecule is CC[C@H](C)[C@H](CO)N1C(=O)[C@H]2[C@@H]3C(=O)O[C@H](c4ccccc4)[C@@H](C)NC(=O)CC/C=C\CN(Cc4ccccc4)C(=O)[C@H]1[C@@]21C=C(Br)[C@@H]3O1. The van der Waals surface area contributed by atoms with Crippen LogP contribution in [0.2, 0.25) is 0 Å². The standard InChI is InChI=1S/C38H44BrN3O7/c1-4-23(2)28(22-43)42-34-36(46)41(21-25-14-8-5-9-15-25)19-13-7-12-18-29(44)40-24(3)32(26-16-10-6-11-17-26)48-37(47)30-31(35(42)45)38(34)20-27(39)33(30)49-38/h5-11,13-17,20,23-24,28,30-34,43H,4,12,18-19,21-22H2,1-3H3,(H,40,44)/b13-7-/t23-,24+,28-,30-,31+,32-,33-,34-,38+/m0/s1. The van der Waals surface area contributed by atoms with E-state index < -0.39 is 59.6 Å². The molecule has 9 atom stereocenters. The monoisotopic (exact) mass is 733 g/mol. The van der Waals surface area contributed by atoms with Crippen molar-refractivity contribution in [2.75, 3.05) is 13.2 Å². The number of rotatable bonds is 7. The van der Waals surface area contributed by atoms with Crippen molar-refractivity contribution in [3.63, 3.8) is 0 Å². The third-order valence-corrected chi connectivity index (χ3v) is 11.2. The Balaban J connectivity index is 1.48. The van der Waals surface area contributed by atoms with Crippen LogP contribution in [0.25, 0.3) is 0 Å². The van der Waals surface area contributed by atoms with E-state index in [0.717, 1.165) is 5.56 Å². The number of benzene rings is 2. The lowest BCUT2D eigenvalue weighted by Gasteiger charge is -2.40. The average Bonchev–Trinajstić information content (AvgIpc) is 3.70. The van der Waals surface area contributed by atoms with Crippen LogP contribution in [0, 0.1) is 17.8 Å². The summed E-state index contributed by atoms with van der Waals surface area (Å²) < 4.78 is 13.5. The highest BCUT2D eigenvalue weighted by molar-refractivity contribution is 9.11. The van der Waals surface area contributed by atoms with Gasteiger partial charge in [0, 0.05) is 24.0 Å². The minimum atomic E-state index is -1.48. The summed E-state index contributed by atoms with van der Waals surface area (Å²) in [6, 6.07) is 16.3. The van der Waals surface area contributed by atoms with E-state index in [-0.39, 0.29) is 43.8 Å². The summed E-state index contributed by atoms with van der Waals surface area (Å²) in [4.78, 5) is 60.5. The van der Waals surface area contributed by atoms with Crippen LogP contribution in [0.15, 0.2) is 83.4 Å². The fourth-order valence-electron chi connectivity index (χ4n) is 7.83.